The van der Waals surface area contributed by atoms with Crippen LogP contribution < -0.4 is 16.0 Å². The molecule has 29 heavy (non-hydrogen) atoms. The standard InChI is InChI=1S/C20H40N4O5/c1-7-19(5,8-2)23-11-16(26)22-12-17(27)24(14-18(28)29)13-15(25)20(9-3,10-4)21-6/h15,21,23,25H,7-14H2,1-6H3,(H,22,26)(H,28,29). The van der Waals surface area contributed by atoms with E-state index >= 15 is 0 Å². The lowest BCUT2D eigenvalue weighted by molar-refractivity contribution is -0.145. The third-order valence-electron chi connectivity index (χ3n) is 6.14. The molecule has 0 radical (unpaired) electrons. The van der Waals surface area contributed by atoms with Gasteiger partial charge in [0.1, 0.15) is 6.54 Å². The minimum Gasteiger partial charge on any atom is -0.480 e. The van der Waals surface area contributed by atoms with Crippen molar-refractivity contribution < 1.29 is 24.6 Å². The number of carboxylic acids is 1. The van der Waals surface area contributed by atoms with E-state index in [-0.39, 0.29) is 31.1 Å². The summed E-state index contributed by atoms with van der Waals surface area (Å²) in [5.74, 6) is -2.07. The molecule has 1 unspecified atom stereocenters. The highest BCUT2D eigenvalue weighted by molar-refractivity contribution is 5.87. The number of carbonyl (C=O) groups excluding carboxylic acids is 2. The number of nitrogens with one attached hydrogen (secondary N) is 3. The van der Waals surface area contributed by atoms with Gasteiger partial charge in [0.05, 0.1) is 19.2 Å². The molecule has 0 bridgehead atoms. The summed E-state index contributed by atoms with van der Waals surface area (Å²) in [5.41, 5.74) is -0.771. The van der Waals surface area contributed by atoms with Gasteiger partial charge in [0.2, 0.25) is 11.8 Å². The molecule has 0 spiro atoms. The number of carbonyl (C=O) groups is 3. The summed E-state index contributed by atoms with van der Waals surface area (Å²) in [6.07, 6.45) is 2.01. The van der Waals surface area contributed by atoms with Gasteiger partial charge in [-0.05, 0) is 39.7 Å². The molecule has 9 heteroatoms. The van der Waals surface area contributed by atoms with Crippen molar-refractivity contribution in [2.24, 2.45) is 0 Å². The topological polar surface area (TPSA) is 131 Å². The third kappa shape index (κ3) is 8.67. The van der Waals surface area contributed by atoms with E-state index in [1.54, 1.807) is 7.05 Å². The fourth-order valence-corrected chi connectivity index (χ4v) is 3.18. The van der Waals surface area contributed by atoms with Crippen molar-refractivity contribution in [3.05, 3.63) is 0 Å². The molecule has 5 N–H and O–H groups in total. The number of nitrogens with zero attached hydrogens (tertiary/aromatic N) is 1. The van der Waals surface area contributed by atoms with Crippen LogP contribution in [-0.4, -0.2) is 83.3 Å². The van der Waals surface area contributed by atoms with E-state index in [2.05, 4.69) is 16.0 Å². The maximum atomic E-state index is 12.5. The Hall–Kier alpha value is -1.71. The molecular formula is C20H40N4O5. The molecule has 0 fully saturated rings. The third-order valence-corrected chi connectivity index (χ3v) is 6.14. The van der Waals surface area contributed by atoms with Crippen molar-refractivity contribution in [2.45, 2.75) is 77.5 Å². The van der Waals surface area contributed by atoms with Crippen LogP contribution in [0.5, 0.6) is 0 Å². The molecule has 0 rings (SSSR count). The molecule has 0 heterocycles. The SMILES string of the molecule is CCC(C)(CC)NCC(=O)NCC(=O)N(CC(=O)O)CC(O)C(CC)(CC)NC. The van der Waals surface area contributed by atoms with E-state index in [0.717, 1.165) is 17.7 Å². The zero-order valence-electron chi connectivity index (χ0n) is 18.8. The average Bonchev–Trinajstić information content (AvgIpc) is 2.71. The zero-order valence-corrected chi connectivity index (χ0v) is 18.8. The highest BCUT2D eigenvalue weighted by Crippen LogP contribution is 2.20. The van der Waals surface area contributed by atoms with E-state index in [0.29, 0.717) is 12.8 Å². The number of hydrogen-bond donors (Lipinski definition) is 5. The van der Waals surface area contributed by atoms with Crippen molar-refractivity contribution in [2.75, 3.05) is 33.2 Å². The van der Waals surface area contributed by atoms with E-state index in [1.807, 2.05) is 34.6 Å². The van der Waals surface area contributed by atoms with Crippen molar-refractivity contribution in [3.63, 3.8) is 0 Å². The van der Waals surface area contributed by atoms with Gasteiger partial charge in [-0.2, -0.15) is 0 Å². The molecule has 0 aliphatic heterocycles. The lowest BCUT2D eigenvalue weighted by Gasteiger charge is -2.38. The fourth-order valence-electron chi connectivity index (χ4n) is 3.18. The Morgan fingerprint density at radius 2 is 1.55 bits per heavy atom. The second-order valence-electron chi connectivity index (χ2n) is 7.70. The first-order chi connectivity index (χ1) is 13.5. The predicted octanol–water partition coefficient (Wildman–Crippen LogP) is 0.323. The Morgan fingerprint density at radius 3 is 1.97 bits per heavy atom. The van der Waals surface area contributed by atoms with Crippen LogP contribution in [0.25, 0.3) is 0 Å². The van der Waals surface area contributed by atoms with Gasteiger partial charge in [-0.1, -0.05) is 27.7 Å². The van der Waals surface area contributed by atoms with Crippen LogP contribution >= 0.6 is 0 Å². The molecule has 0 aliphatic carbocycles. The Morgan fingerprint density at radius 1 is 1.00 bits per heavy atom. The fraction of sp³-hybridized carbons (Fsp3) is 0.850. The summed E-state index contributed by atoms with van der Waals surface area (Å²) in [5, 5.41) is 28.6. The molecule has 0 aromatic carbocycles. The van der Waals surface area contributed by atoms with Gasteiger partial charge < -0.3 is 31.1 Å². The van der Waals surface area contributed by atoms with Crippen LogP contribution in [0.3, 0.4) is 0 Å². The van der Waals surface area contributed by atoms with Gasteiger partial charge in [0, 0.05) is 17.6 Å². The molecular weight excluding hydrogens is 376 g/mol. The molecule has 0 aromatic rings. The Labute approximate surface area is 174 Å². The average molecular weight is 417 g/mol. The molecule has 1 atom stereocenters. The summed E-state index contributed by atoms with van der Waals surface area (Å²) >= 11 is 0. The van der Waals surface area contributed by atoms with Crippen molar-refractivity contribution >= 4 is 17.8 Å². The van der Waals surface area contributed by atoms with Gasteiger partial charge in [-0.25, -0.2) is 0 Å². The number of aliphatic carboxylic acids is 1. The van der Waals surface area contributed by atoms with E-state index in [9.17, 15) is 19.5 Å². The number of aliphatic hydroxyl groups is 1. The Bertz CT molecular complexity index is 525. The smallest absolute Gasteiger partial charge is 0.323 e. The number of likely N-dealkylation sites (N-methyl/N-ethyl adjacent to an activating group) is 1. The normalized spacial score (nSPS) is 13.1. The highest BCUT2D eigenvalue weighted by atomic mass is 16.4. The van der Waals surface area contributed by atoms with Crippen molar-refractivity contribution in [3.8, 4) is 0 Å². The molecule has 0 saturated heterocycles. The van der Waals surface area contributed by atoms with Crippen LogP contribution in [0.4, 0.5) is 0 Å². The molecule has 0 aromatic heterocycles. The number of aliphatic hydroxyl groups excluding tert-OH is 1. The monoisotopic (exact) mass is 416 g/mol. The van der Waals surface area contributed by atoms with Crippen LogP contribution in [0.15, 0.2) is 0 Å². The Balaban J connectivity index is 4.93. The minimum absolute atomic E-state index is 0.0710. The zero-order chi connectivity index (χ0) is 22.7. The van der Waals surface area contributed by atoms with Crippen LogP contribution in [0, 0.1) is 0 Å². The predicted molar refractivity (Wildman–Crippen MR) is 113 cm³/mol. The molecule has 0 saturated carbocycles. The lowest BCUT2D eigenvalue weighted by atomic mass is 9.86. The maximum Gasteiger partial charge on any atom is 0.323 e. The van der Waals surface area contributed by atoms with Gasteiger partial charge in [0.15, 0.2) is 0 Å². The van der Waals surface area contributed by atoms with Crippen LogP contribution in [0.2, 0.25) is 0 Å². The first-order valence-corrected chi connectivity index (χ1v) is 10.4. The van der Waals surface area contributed by atoms with Gasteiger partial charge in [-0.3, -0.25) is 14.4 Å². The minimum atomic E-state index is -1.18. The van der Waals surface area contributed by atoms with Gasteiger partial charge in [-0.15, -0.1) is 0 Å². The second-order valence-corrected chi connectivity index (χ2v) is 7.70. The van der Waals surface area contributed by atoms with Crippen LogP contribution in [-0.2, 0) is 14.4 Å². The number of hydrogen-bond acceptors (Lipinski definition) is 6. The summed E-state index contributed by atoms with van der Waals surface area (Å²) < 4.78 is 0. The highest BCUT2D eigenvalue weighted by Gasteiger charge is 2.35. The molecule has 2 amide bonds. The van der Waals surface area contributed by atoms with Crippen molar-refractivity contribution in [1.82, 2.24) is 20.9 Å². The number of carboxylic acid groups (broad SMARTS) is 1. The van der Waals surface area contributed by atoms with E-state index in [1.165, 1.54) is 0 Å². The van der Waals surface area contributed by atoms with E-state index in [4.69, 9.17) is 5.11 Å². The molecule has 9 nitrogen and oxygen atoms in total. The van der Waals surface area contributed by atoms with Gasteiger partial charge >= 0.3 is 5.97 Å². The van der Waals surface area contributed by atoms with E-state index < -0.39 is 30.1 Å². The summed E-state index contributed by atoms with van der Waals surface area (Å²) in [7, 11) is 1.73. The maximum absolute atomic E-state index is 12.5. The summed E-state index contributed by atoms with van der Waals surface area (Å²) in [6, 6.07) is 0. The summed E-state index contributed by atoms with van der Waals surface area (Å²) in [6.45, 7) is 9.00. The Kier molecular flexibility index (Phi) is 12.0. The second kappa shape index (κ2) is 12.8. The molecule has 170 valence electrons. The molecule has 0 aliphatic rings. The largest absolute Gasteiger partial charge is 0.480 e. The number of rotatable bonds is 15. The van der Waals surface area contributed by atoms with Gasteiger partial charge in [0.25, 0.3) is 0 Å². The number of amides is 2. The van der Waals surface area contributed by atoms with Crippen LogP contribution in [0.1, 0.15) is 60.3 Å². The van der Waals surface area contributed by atoms with Crippen molar-refractivity contribution in [1.29, 1.82) is 0 Å². The first kappa shape index (κ1) is 27.3. The first-order valence-electron chi connectivity index (χ1n) is 10.4. The lowest BCUT2D eigenvalue weighted by Crippen LogP contribution is -2.58. The quantitative estimate of drug-likeness (QED) is 0.260. The summed E-state index contributed by atoms with van der Waals surface area (Å²) in [4.78, 5) is 36.8.